The molecule has 2 aromatic carbocycles. The molecule has 0 aliphatic heterocycles. The second kappa shape index (κ2) is 16.9. The van der Waals surface area contributed by atoms with Crippen LogP contribution in [0.25, 0.3) is 12.2 Å². The van der Waals surface area contributed by atoms with Gasteiger partial charge in [0.15, 0.2) is 0 Å². The minimum absolute atomic E-state index is 0.220. The number of anilines is 1. The van der Waals surface area contributed by atoms with Gasteiger partial charge in [-0.2, -0.15) is 0 Å². The third-order valence-electron chi connectivity index (χ3n) is 3.28. The Morgan fingerprint density at radius 2 is 1.36 bits per heavy atom. The number of nitro benzene ring substituents is 1. The van der Waals surface area contributed by atoms with Crippen molar-refractivity contribution < 1.29 is 32.8 Å². The van der Waals surface area contributed by atoms with E-state index in [2.05, 4.69) is 9.47 Å². The molecule has 13 heteroatoms. The number of non-ortho nitro benzene ring substituents is 1. The van der Waals surface area contributed by atoms with E-state index in [1.54, 1.807) is 6.07 Å². The van der Waals surface area contributed by atoms with Crippen molar-refractivity contribution in [3.63, 3.8) is 0 Å². The van der Waals surface area contributed by atoms with Crippen LogP contribution in [0.3, 0.4) is 0 Å². The van der Waals surface area contributed by atoms with Gasteiger partial charge in [0.05, 0.1) is 25.2 Å². The summed E-state index contributed by atoms with van der Waals surface area (Å²) in [6, 6.07) is 7.07. The van der Waals surface area contributed by atoms with Crippen molar-refractivity contribution in [2.75, 3.05) is 20.0 Å². The molecule has 0 aliphatic rings. The molecule has 0 amide bonds. The maximum absolute atomic E-state index is 12.9. The van der Waals surface area contributed by atoms with Gasteiger partial charge in [-0.1, -0.05) is 0 Å². The molecule has 2 aromatic rings. The number of methoxy groups -OCH3 is 2. The summed E-state index contributed by atoms with van der Waals surface area (Å²) in [6.45, 7) is 0. The topological polar surface area (TPSA) is 122 Å². The molecule has 2 N–H and O–H groups in total. The maximum atomic E-state index is 12.9. The SMILES string of the molecule is COC(=O)/C=C/c1cc(F)cc([N+](=O)[O-])c1.COC(=O)/C=C/c1cc(N)cc(F)c1.[Cl][Sn][Cl]. The van der Waals surface area contributed by atoms with E-state index in [0.717, 1.165) is 24.3 Å². The third kappa shape index (κ3) is 14.1. The first-order chi connectivity index (χ1) is 15.6. The zero-order valence-electron chi connectivity index (χ0n) is 17.3. The van der Waals surface area contributed by atoms with E-state index in [1.165, 1.54) is 44.6 Å². The van der Waals surface area contributed by atoms with E-state index in [0.29, 0.717) is 11.3 Å². The predicted molar refractivity (Wildman–Crippen MR) is 123 cm³/mol. The molecule has 33 heavy (non-hydrogen) atoms. The molecule has 8 nitrogen and oxygen atoms in total. The van der Waals surface area contributed by atoms with Crippen LogP contribution in [0.15, 0.2) is 48.6 Å². The summed E-state index contributed by atoms with van der Waals surface area (Å²) >= 11 is -0.826. The fraction of sp³-hybridized carbons (Fsp3) is 0.100. The minimum atomic E-state index is -0.826. The van der Waals surface area contributed by atoms with Gasteiger partial charge in [-0.3, -0.25) is 10.1 Å². The Morgan fingerprint density at radius 1 is 0.939 bits per heavy atom. The molecule has 0 saturated carbocycles. The number of esters is 2. The first-order valence-electron chi connectivity index (χ1n) is 8.55. The number of rotatable bonds is 5. The quantitative estimate of drug-likeness (QED) is 0.132. The second-order valence-electron chi connectivity index (χ2n) is 5.60. The number of ether oxygens (including phenoxy) is 2. The molecule has 0 atom stereocenters. The van der Waals surface area contributed by atoms with Crippen LogP contribution in [-0.4, -0.2) is 50.0 Å². The summed E-state index contributed by atoms with van der Waals surface area (Å²) in [5.74, 6) is -2.28. The van der Waals surface area contributed by atoms with E-state index < -0.39 is 47.4 Å². The average molecular weight is 610 g/mol. The van der Waals surface area contributed by atoms with Crippen molar-refractivity contribution in [2.24, 2.45) is 0 Å². The zero-order valence-corrected chi connectivity index (χ0v) is 21.6. The number of carbonyl (C=O) groups is 2. The molecule has 0 heterocycles. The van der Waals surface area contributed by atoms with Crippen molar-refractivity contribution in [1.29, 1.82) is 0 Å². The number of carbonyl (C=O) groups excluding carboxylic acids is 2. The molecule has 0 aliphatic carbocycles. The van der Waals surface area contributed by atoms with Crippen LogP contribution in [0.2, 0.25) is 0 Å². The fourth-order valence-corrected chi connectivity index (χ4v) is 1.99. The van der Waals surface area contributed by atoms with Gasteiger partial charge in [-0.25, -0.2) is 18.4 Å². The van der Waals surface area contributed by atoms with Crippen molar-refractivity contribution in [3.8, 4) is 0 Å². The molecular weight excluding hydrogens is 592 g/mol. The van der Waals surface area contributed by atoms with Crippen LogP contribution in [0.4, 0.5) is 20.2 Å². The van der Waals surface area contributed by atoms with E-state index in [-0.39, 0.29) is 11.3 Å². The Labute approximate surface area is 205 Å². The van der Waals surface area contributed by atoms with Gasteiger partial charge < -0.3 is 15.2 Å². The van der Waals surface area contributed by atoms with Gasteiger partial charge >= 0.3 is 48.7 Å². The van der Waals surface area contributed by atoms with Crippen LogP contribution in [0.5, 0.6) is 0 Å². The number of nitrogens with two attached hydrogens (primary N) is 1. The summed E-state index contributed by atoms with van der Waals surface area (Å²) in [4.78, 5) is 31.2. The van der Waals surface area contributed by atoms with Gasteiger partial charge in [-0.05, 0) is 47.5 Å². The van der Waals surface area contributed by atoms with Gasteiger partial charge in [0.2, 0.25) is 0 Å². The van der Waals surface area contributed by atoms with Crippen molar-refractivity contribution in [1.82, 2.24) is 0 Å². The molecule has 2 radical (unpaired) electrons. The monoisotopic (exact) mass is 610 g/mol. The number of nitrogen functional groups attached to an aromatic ring is 1. The first kappa shape index (κ1) is 30.3. The summed E-state index contributed by atoms with van der Waals surface area (Å²) in [5, 5.41) is 10.4. The van der Waals surface area contributed by atoms with Gasteiger partial charge in [0.1, 0.15) is 11.6 Å². The summed E-state index contributed by atoms with van der Waals surface area (Å²) < 4.78 is 34.5. The molecule has 176 valence electrons. The first-order valence-corrected chi connectivity index (χ1v) is 15.8. The number of nitro groups is 1. The average Bonchev–Trinajstić information content (AvgIpc) is 2.75. The normalized spacial score (nSPS) is 10.0. The van der Waals surface area contributed by atoms with Crippen molar-refractivity contribution in [3.05, 3.63) is 81.4 Å². The molecule has 0 unspecified atom stereocenters. The van der Waals surface area contributed by atoms with E-state index >= 15 is 0 Å². The van der Waals surface area contributed by atoms with E-state index in [1.807, 2.05) is 0 Å². The van der Waals surface area contributed by atoms with Gasteiger partial charge in [0, 0.05) is 23.9 Å². The fourth-order valence-electron chi connectivity index (χ4n) is 1.99. The van der Waals surface area contributed by atoms with Crippen molar-refractivity contribution >= 4 is 72.2 Å². The molecule has 0 fully saturated rings. The molecule has 0 bridgehead atoms. The van der Waals surface area contributed by atoms with E-state index in [9.17, 15) is 28.5 Å². The van der Waals surface area contributed by atoms with Crippen LogP contribution in [-0.2, 0) is 19.1 Å². The van der Waals surface area contributed by atoms with Crippen LogP contribution in [0, 0.1) is 21.7 Å². The van der Waals surface area contributed by atoms with Gasteiger partial charge in [-0.15, -0.1) is 0 Å². The Hall–Kier alpha value is -2.70. The molecule has 0 saturated heterocycles. The predicted octanol–water partition coefficient (Wildman–Crippen LogP) is 4.51. The van der Waals surface area contributed by atoms with Crippen LogP contribution >= 0.6 is 17.8 Å². The molecule has 0 spiro atoms. The summed E-state index contributed by atoms with van der Waals surface area (Å²) in [7, 11) is 12.3. The Balaban J connectivity index is 0.000000558. The number of hydrogen-bond acceptors (Lipinski definition) is 7. The Morgan fingerprint density at radius 3 is 1.76 bits per heavy atom. The molecular formula is C20H18Cl2F2N2O6Sn. The molecule has 0 aromatic heterocycles. The van der Waals surface area contributed by atoms with Crippen LogP contribution < -0.4 is 5.73 Å². The summed E-state index contributed by atoms with van der Waals surface area (Å²) in [5.41, 5.74) is 6.09. The molecule has 2 rings (SSSR count). The number of halogens is 4. The number of nitrogens with zero attached hydrogens (tertiary/aromatic N) is 1. The van der Waals surface area contributed by atoms with Gasteiger partial charge in [0.25, 0.3) is 5.69 Å². The van der Waals surface area contributed by atoms with E-state index in [4.69, 9.17) is 23.6 Å². The summed E-state index contributed by atoms with van der Waals surface area (Å²) in [6.07, 6.45) is 4.93. The zero-order chi connectivity index (χ0) is 25.4. The number of hydrogen-bond donors (Lipinski definition) is 1. The standard InChI is InChI=1S/C10H8FNO4.C10H10FNO2.2ClH.Sn/c1-16-10(13)3-2-7-4-8(11)6-9(5-7)12(14)15;1-14-10(13)3-2-7-4-8(11)6-9(12)5-7;;;/h2-6H,1H3;2-6H,12H2,1H3;2*1H;/q;;;;+2/p-2/b2*3-2+;;;. The number of benzene rings is 2. The second-order valence-corrected chi connectivity index (χ2v) is 9.84. The Bertz CT molecular complexity index is 1000. The third-order valence-corrected chi connectivity index (χ3v) is 3.28. The van der Waals surface area contributed by atoms with Crippen LogP contribution in [0.1, 0.15) is 11.1 Å². The Kier molecular flexibility index (Phi) is 15.5. The van der Waals surface area contributed by atoms with Crippen molar-refractivity contribution in [2.45, 2.75) is 0 Å².